The van der Waals surface area contributed by atoms with Crippen molar-refractivity contribution in [2.75, 3.05) is 5.43 Å². The van der Waals surface area contributed by atoms with E-state index in [1.807, 2.05) is 30.3 Å². The second kappa shape index (κ2) is 6.43. The topological polar surface area (TPSA) is 64.1 Å². The number of nitrogen functional groups attached to an aromatic ring is 1. The highest BCUT2D eigenvalue weighted by Crippen LogP contribution is 2.29. The molecule has 0 spiro atoms. The van der Waals surface area contributed by atoms with Crippen LogP contribution in [0.1, 0.15) is 5.56 Å². The summed E-state index contributed by atoms with van der Waals surface area (Å²) in [6.07, 6.45) is 3.23. The molecule has 21 heavy (non-hydrogen) atoms. The minimum absolute atomic E-state index is 0. The summed E-state index contributed by atoms with van der Waals surface area (Å²) in [5, 5.41) is 0. The zero-order valence-corrected chi connectivity index (χ0v) is 12.4. The molecular weight excluding hydrogens is 286 g/mol. The minimum Gasteiger partial charge on any atom is -0.445 e. The van der Waals surface area contributed by atoms with Crippen molar-refractivity contribution in [3.8, 4) is 22.6 Å². The lowest BCUT2D eigenvalue weighted by molar-refractivity contribution is 0.574. The number of hydrogen-bond donors (Lipinski definition) is 2. The Balaban J connectivity index is 0.00000161. The normalized spacial score (nSPS) is 10.0. The Hall–Kier alpha value is -2.30. The molecule has 0 fully saturated rings. The number of aryl methyl sites for hydroxylation is 1. The first-order chi connectivity index (χ1) is 9.78. The van der Waals surface area contributed by atoms with E-state index in [1.54, 1.807) is 12.5 Å². The highest BCUT2D eigenvalue weighted by atomic mass is 35.5. The highest BCUT2D eigenvalue weighted by Gasteiger charge is 2.07. The van der Waals surface area contributed by atoms with Crippen LogP contribution in [0.25, 0.3) is 22.6 Å². The molecule has 0 aliphatic carbocycles. The number of anilines is 1. The average molecular weight is 302 g/mol. The van der Waals surface area contributed by atoms with Crippen molar-refractivity contribution < 1.29 is 4.42 Å². The lowest BCUT2D eigenvalue weighted by atomic mass is 9.98. The number of oxazole rings is 1. The van der Waals surface area contributed by atoms with Crippen molar-refractivity contribution in [1.29, 1.82) is 0 Å². The molecule has 0 atom stereocenters. The van der Waals surface area contributed by atoms with Crippen LogP contribution in [0.5, 0.6) is 0 Å². The largest absolute Gasteiger partial charge is 0.445 e. The Morgan fingerprint density at radius 2 is 1.76 bits per heavy atom. The van der Waals surface area contributed by atoms with Gasteiger partial charge in [-0.05, 0) is 47.9 Å². The molecule has 2 aromatic carbocycles. The lowest BCUT2D eigenvalue weighted by Crippen LogP contribution is -2.05. The summed E-state index contributed by atoms with van der Waals surface area (Å²) in [7, 11) is 0. The highest BCUT2D eigenvalue weighted by molar-refractivity contribution is 5.85. The van der Waals surface area contributed by atoms with Gasteiger partial charge in [-0.1, -0.05) is 18.2 Å². The molecule has 5 heteroatoms. The smallest absolute Gasteiger partial charge is 0.225 e. The summed E-state index contributed by atoms with van der Waals surface area (Å²) < 4.78 is 5.35. The minimum atomic E-state index is 0. The van der Waals surface area contributed by atoms with E-state index in [9.17, 15) is 0 Å². The molecule has 0 saturated carbocycles. The molecule has 0 aliphatic rings. The molecule has 3 aromatic rings. The Morgan fingerprint density at radius 1 is 1.05 bits per heavy atom. The van der Waals surface area contributed by atoms with Gasteiger partial charge in [0, 0.05) is 11.3 Å². The molecule has 3 N–H and O–H groups in total. The maximum atomic E-state index is 5.39. The van der Waals surface area contributed by atoms with Gasteiger partial charge in [0.25, 0.3) is 0 Å². The third kappa shape index (κ3) is 3.07. The van der Waals surface area contributed by atoms with Crippen LogP contribution in [0.15, 0.2) is 59.3 Å². The third-order valence-electron chi connectivity index (χ3n) is 3.28. The van der Waals surface area contributed by atoms with Crippen molar-refractivity contribution in [2.24, 2.45) is 5.84 Å². The van der Waals surface area contributed by atoms with E-state index in [0.29, 0.717) is 5.89 Å². The fourth-order valence-corrected chi connectivity index (χ4v) is 2.18. The maximum Gasteiger partial charge on any atom is 0.225 e. The Labute approximate surface area is 129 Å². The van der Waals surface area contributed by atoms with Gasteiger partial charge < -0.3 is 9.84 Å². The molecule has 4 nitrogen and oxygen atoms in total. The first-order valence-electron chi connectivity index (χ1n) is 6.35. The predicted octanol–water partition coefficient (Wildman–Crippen LogP) is 4.02. The maximum absolute atomic E-state index is 5.39. The zero-order valence-electron chi connectivity index (χ0n) is 11.5. The van der Waals surface area contributed by atoms with Gasteiger partial charge in [-0.25, -0.2) is 4.98 Å². The lowest BCUT2D eigenvalue weighted by Gasteiger charge is -2.09. The summed E-state index contributed by atoms with van der Waals surface area (Å²) in [4.78, 5) is 4.19. The second-order valence-electron chi connectivity index (χ2n) is 4.59. The van der Waals surface area contributed by atoms with Crippen molar-refractivity contribution >= 4 is 18.1 Å². The van der Waals surface area contributed by atoms with Gasteiger partial charge in [0.2, 0.25) is 5.89 Å². The number of rotatable bonds is 3. The number of halogens is 1. The summed E-state index contributed by atoms with van der Waals surface area (Å²) in [5.74, 6) is 6.02. The average Bonchev–Trinajstić information content (AvgIpc) is 3.02. The van der Waals surface area contributed by atoms with E-state index in [4.69, 9.17) is 10.3 Å². The summed E-state index contributed by atoms with van der Waals surface area (Å²) in [6.45, 7) is 2.09. The van der Waals surface area contributed by atoms with E-state index in [2.05, 4.69) is 29.5 Å². The van der Waals surface area contributed by atoms with Crippen LogP contribution >= 0.6 is 12.4 Å². The molecule has 1 heterocycles. The van der Waals surface area contributed by atoms with Gasteiger partial charge in [0.1, 0.15) is 6.26 Å². The fourth-order valence-electron chi connectivity index (χ4n) is 2.18. The number of nitrogens with two attached hydrogens (primary N) is 1. The molecule has 0 radical (unpaired) electrons. The SMILES string of the molecule is Cc1ccc(-c2ncco2)cc1-c1ccc(NN)cc1.Cl. The van der Waals surface area contributed by atoms with E-state index < -0.39 is 0 Å². The van der Waals surface area contributed by atoms with Crippen molar-refractivity contribution in [3.63, 3.8) is 0 Å². The Morgan fingerprint density at radius 3 is 2.38 bits per heavy atom. The van der Waals surface area contributed by atoms with E-state index >= 15 is 0 Å². The molecule has 1 aromatic heterocycles. The van der Waals surface area contributed by atoms with Gasteiger partial charge in [0.05, 0.1) is 6.20 Å². The van der Waals surface area contributed by atoms with Gasteiger partial charge >= 0.3 is 0 Å². The van der Waals surface area contributed by atoms with Crippen LogP contribution in [0, 0.1) is 6.92 Å². The summed E-state index contributed by atoms with van der Waals surface area (Å²) >= 11 is 0. The molecule has 3 rings (SSSR count). The van der Waals surface area contributed by atoms with Crippen LogP contribution in [-0.4, -0.2) is 4.98 Å². The number of nitrogens with zero attached hydrogens (tertiary/aromatic N) is 1. The van der Waals surface area contributed by atoms with Gasteiger partial charge in [0.15, 0.2) is 0 Å². The van der Waals surface area contributed by atoms with Crippen LogP contribution in [0.4, 0.5) is 5.69 Å². The van der Waals surface area contributed by atoms with Gasteiger partial charge in [-0.3, -0.25) is 5.84 Å². The number of nitrogens with one attached hydrogen (secondary N) is 1. The molecule has 0 saturated heterocycles. The predicted molar refractivity (Wildman–Crippen MR) is 87.2 cm³/mol. The zero-order chi connectivity index (χ0) is 13.9. The van der Waals surface area contributed by atoms with Crippen LogP contribution < -0.4 is 11.3 Å². The third-order valence-corrected chi connectivity index (χ3v) is 3.28. The quantitative estimate of drug-likeness (QED) is 0.566. The van der Waals surface area contributed by atoms with Gasteiger partial charge in [-0.2, -0.15) is 0 Å². The first-order valence-corrected chi connectivity index (χ1v) is 6.35. The fraction of sp³-hybridized carbons (Fsp3) is 0.0625. The second-order valence-corrected chi connectivity index (χ2v) is 4.59. The number of aromatic nitrogens is 1. The monoisotopic (exact) mass is 301 g/mol. The molecule has 0 aliphatic heterocycles. The molecule has 0 bridgehead atoms. The molecule has 108 valence electrons. The van der Waals surface area contributed by atoms with E-state index in [-0.39, 0.29) is 12.4 Å². The van der Waals surface area contributed by atoms with Crippen molar-refractivity contribution in [1.82, 2.24) is 4.98 Å². The molecule has 0 unspecified atom stereocenters. The molecule has 0 amide bonds. The van der Waals surface area contributed by atoms with E-state index in [1.165, 1.54) is 5.56 Å². The van der Waals surface area contributed by atoms with Crippen LogP contribution in [0.2, 0.25) is 0 Å². The number of hydrogen-bond acceptors (Lipinski definition) is 4. The van der Waals surface area contributed by atoms with E-state index in [0.717, 1.165) is 22.4 Å². The number of hydrazine groups is 1. The summed E-state index contributed by atoms with van der Waals surface area (Å²) in [5.41, 5.74) is 7.98. The van der Waals surface area contributed by atoms with Gasteiger partial charge in [-0.15, -0.1) is 12.4 Å². The van der Waals surface area contributed by atoms with Crippen LogP contribution in [-0.2, 0) is 0 Å². The standard InChI is InChI=1S/C16H15N3O.ClH/c1-11-2-3-13(16-18-8-9-20-16)10-15(11)12-4-6-14(19-17)7-5-12;/h2-10,19H,17H2,1H3;1H. The van der Waals surface area contributed by atoms with Crippen molar-refractivity contribution in [2.45, 2.75) is 6.92 Å². The van der Waals surface area contributed by atoms with Crippen LogP contribution in [0.3, 0.4) is 0 Å². The van der Waals surface area contributed by atoms with Crippen molar-refractivity contribution in [3.05, 3.63) is 60.5 Å². The molecular formula is C16H16ClN3O. The number of benzene rings is 2. The summed E-state index contributed by atoms with van der Waals surface area (Å²) in [6, 6.07) is 14.2. The first kappa shape index (κ1) is 15.1. The Kier molecular flexibility index (Phi) is 4.62. The Bertz CT molecular complexity index is 709.